The molecule has 1 aliphatic heterocycles. The lowest BCUT2D eigenvalue weighted by Gasteiger charge is -2.33. The van der Waals surface area contributed by atoms with Gasteiger partial charge in [-0.2, -0.15) is 0 Å². The highest BCUT2D eigenvalue weighted by atomic mass is 35.5. The van der Waals surface area contributed by atoms with Gasteiger partial charge < -0.3 is 26.1 Å². The molecule has 1 saturated heterocycles. The number of aromatic nitrogens is 2. The Morgan fingerprint density at radius 3 is 3.07 bits per heavy atom. The van der Waals surface area contributed by atoms with Crippen molar-refractivity contribution < 1.29 is 9.21 Å². The predicted molar refractivity (Wildman–Crippen MR) is 105 cm³/mol. The van der Waals surface area contributed by atoms with Gasteiger partial charge in [0.15, 0.2) is 5.58 Å². The maximum Gasteiger partial charge on any atom is 0.263 e. The van der Waals surface area contributed by atoms with E-state index in [1.54, 1.807) is 18.5 Å². The minimum atomic E-state index is -0.420. The Labute approximate surface area is 160 Å². The number of rotatable bonds is 3. The number of carbonyl (C=O) groups is 1. The Kier molecular flexibility index (Phi) is 4.59. The Balaban J connectivity index is 1.65. The van der Waals surface area contributed by atoms with Crippen LogP contribution in [0.3, 0.4) is 0 Å². The number of nitrogens with one attached hydrogen (secondary N) is 1. The third-order valence-electron chi connectivity index (χ3n) is 4.59. The molecule has 140 valence electrons. The first-order chi connectivity index (χ1) is 13.0. The van der Waals surface area contributed by atoms with E-state index in [0.717, 1.165) is 31.6 Å². The van der Waals surface area contributed by atoms with Crippen molar-refractivity contribution in [2.75, 3.05) is 29.0 Å². The van der Waals surface area contributed by atoms with Gasteiger partial charge in [0.25, 0.3) is 5.91 Å². The van der Waals surface area contributed by atoms with Gasteiger partial charge in [0.2, 0.25) is 5.88 Å². The third kappa shape index (κ3) is 3.41. The molecule has 1 fully saturated rings. The van der Waals surface area contributed by atoms with E-state index >= 15 is 0 Å². The van der Waals surface area contributed by atoms with Crippen LogP contribution in [0, 0.1) is 0 Å². The molecule has 4 heterocycles. The summed E-state index contributed by atoms with van der Waals surface area (Å²) < 4.78 is 5.43. The van der Waals surface area contributed by atoms with Crippen molar-refractivity contribution in [1.82, 2.24) is 9.97 Å². The number of hydrogen-bond donors (Lipinski definition) is 3. The molecule has 3 aromatic heterocycles. The van der Waals surface area contributed by atoms with Gasteiger partial charge in [-0.15, -0.1) is 0 Å². The fraction of sp³-hybridized carbons (Fsp3) is 0.278. The van der Waals surface area contributed by atoms with Gasteiger partial charge in [0, 0.05) is 37.6 Å². The maximum atomic E-state index is 12.9. The van der Waals surface area contributed by atoms with Crippen LogP contribution in [0.5, 0.6) is 0 Å². The normalized spacial score (nSPS) is 17.3. The second-order valence-corrected chi connectivity index (χ2v) is 6.97. The quantitative estimate of drug-likeness (QED) is 0.632. The number of piperidine rings is 1. The zero-order chi connectivity index (χ0) is 19.0. The molecule has 1 aliphatic rings. The summed E-state index contributed by atoms with van der Waals surface area (Å²) in [6, 6.07) is 3.54. The maximum absolute atomic E-state index is 12.9. The average Bonchev–Trinajstić information content (AvgIpc) is 2.97. The number of pyridine rings is 2. The SMILES string of the molecule is Nc1oc2cc(Cl)cnc2c1C(=O)Nc1cnccc1N1CCC[C@H](N)C1. The van der Waals surface area contributed by atoms with E-state index in [0.29, 0.717) is 21.8 Å². The Morgan fingerprint density at radius 1 is 1.41 bits per heavy atom. The fourth-order valence-corrected chi connectivity index (χ4v) is 3.51. The summed E-state index contributed by atoms with van der Waals surface area (Å²) in [4.78, 5) is 23.4. The van der Waals surface area contributed by atoms with Crippen LogP contribution >= 0.6 is 11.6 Å². The van der Waals surface area contributed by atoms with Gasteiger partial charge in [0.05, 0.1) is 22.6 Å². The molecule has 5 N–H and O–H groups in total. The van der Waals surface area contributed by atoms with Crippen LogP contribution in [-0.4, -0.2) is 35.0 Å². The standard InChI is InChI=1S/C18H19ClN6O2/c19-10-6-14-16(23-7-10)15(17(21)27-14)18(26)24-12-8-22-4-3-13(12)25-5-1-2-11(20)9-25/h3-4,6-8,11H,1-2,5,9,20-21H2,(H,24,26)/t11-/m0/s1. The van der Waals surface area contributed by atoms with Crippen LogP contribution in [0.4, 0.5) is 17.3 Å². The zero-order valence-corrected chi connectivity index (χ0v) is 15.2. The van der Waals surface area contributed by atoms with Crippen molar-refractivity contribution in [2.24, 2.45) is 5.73 Å². The number of amides is 1. The van der Waals surface area contributed by atoms with Crippen LogP contribution in [-0.2, 0) is 0 Å². The van der Waals surface area contributed by atoms with Gasteiger partial charge in [-0.05, 0) is 18.9 Å². The second kappa shape index (κ2) is 7.05. The molecule has 9 heteroatoms. The van der Waals surface area contributed by atoms with E-state index in [4.69, 9.17) is 27.5 Å². The zero-order valence-electron chi connectivity index (χ0n) is 14.5. The van der Waals surface area contributed by atoms with Crippen LogP contribution in [0.2, 0.25) is 5.02 Å². The first-order valence-electron chi connectivity index (χ1n) is 8.62. The molecular formula is C18H19ClN6O2. The van der Waals surface area contributed by atoms with Crippen molar-refractivity contribution in [3.63, 3.8) is 0 Å². The summed E-state index contributed by atoms with van der Waals surface area (Å²) in [5.74, 6) is -0.431. The minimum Gasteiger partial charge on any atom is -0.438 e. The molecule has 3 aromatic rings. The van der Waals surface area contributed by atoms with Crippen LogP contribution in [0.25, 0.3) is 11.1 Å². The van der Waals surface area contributed by atoms with E-state index < -0.39 is 5.91 Å². The molecule has 8 nitrogen and oxygen atoms in total. The smallest absolute Gasteiger partial charge is 0.263 e. The van der Waals surface area contributed by atoms with Gasteiger partial charge >= 0.3 is 0 Å². The first-order valence-corrected chi connectivity index (χ1v) is 9.00. The molecule has 1 atom stereocenters. The molecule has 0 aromatic carbocycles. The monoisotopic (exact) mass is 386 g/mol. The van der Waals surface area contributed by atoms with E-state index in [2.05, 4.69) is 20.2 Å². The molecule has 0 bridgehead atoms. The number of carbonyl (C=O) groups excluding carboxylic acids is 1. The van der Waals surface area contributed by atoms with E-state index in [-0.39, 0.29) is 17.5 Å². The molecule has 0 aliphatic carbocycles. The number of nitrogens with zero attached hydrogens (tertiary/aromatic N) is 3. The van der Waals surface area contributed by atoms with Crippen LogP contribution in [0.1, 0.15) is 23.2 Å². The highest BCUT2D eigenvalue weighted by Gasteiger charge is 2.24. The Bertz CT molecular complexity index is 1000. The fourth-order valence-electron chi connectivity index (χ4n) is 3.36. The number of nitrogens with two attached hydrogens (primary N) is 2. The second-order valence-electron chi connectivity index (χ2n) is 6.54. The first kappa shape index (κ1) is 17.6. The van der Waals surface area contributed by atoms with Gasteiger partial charge in [-0.3, -0.25) is 14.8 Å². The summed E-state index contributed by atoms with van der Waals surface area (Å²) in [7, 11) is 0. The highest BCUT2D eigenvalue weighted by Crippen LogP contribution is 2.31. The molecular weight excluding hydrogens is 368 g/mol. The summed E-state index contributed by atoms with van der Waals surface area (Å²) in [5.41, 5.74) is 14.3. The van der Waals surface area contributed by atoms with Crippen molar-refractivity contribution in [3.8, 4) is 0 Å². The van der Waals surface area contributed by atoms with Gasteiger partial charge in [0.1, 0.15) is 11.1 Å². The molecule has 27 heavy (non-hydrogen) atoms. The van der Waals surface area contributed by atoms with Crippen LogP contribution in [0.15, 0.2) is 35.1 Å². The summed E-state index contributed by atoms with van der Waals surface area (Å²) in [6.07, 6.45) is 6.74. The van der Waals surface area contributed by atoms with Gasteiger partial charge in [-0.1, -0.05) is 11.6 Å². The number of fused-ring (bicyclic) bond motifs is 1. The minimum absolute atomic E-state index is 0.0114. The summed E-state index contributed by atoms with van der Waals surface area (Å²) in [5, 5.41) is 3.28. The van der Waals surface area contributed by atoms with Gasteiger partial charge in [-0.25, -0.2) is 0 Å². The number of halogens is 1. The predicted octanol–water partition coefficient (Wildman–Crippen LogP) is 2.64. The lowest BCUT2D eigenvalue weighted by Crippen LogP contribution is -2.43. The van der Waals surface area contributed by atoms with E-state index in [9.17, 15) is 4.79 Å². The van der Waals surface area contributed by atoms with E-state index in [1.165, 1.54) is 6.20 Å². The van der Waals surface area contributed by atoms with Crippen LogP contribution < -0.4 is 21.7 Å². The van der Waals surface area contributed by atoms with Crippen molar-refractivity contribution in [3.05, 3.63) is 41.3 Å². The number of nitrogen functional groups attached to an aromatic ring is 1. The lowest BCUT2D eigenvalue weighted by atomic mass is 10.1. The molecule has 4 rings (SSSR count). The molecule has 0 saturated carbocycles. The summed E-state index contributed by atoms with van der Waals surface area (Å²) >= 11 is 5.92. The Morgan fingerprint density at radius 2 is 2.26 bits per heavy atom. The topological polar surface area (TPSA) is 123 Å². The lowest BCUT2D eigenvalue weighted by molar-refractivity contribution is 0.102. The average molecular weight is 387 g/mol. The third-order valence-corrected chi connectivity index (χ3v) is 4.80. The molecule has 1 amide bonds. The number of furan rings is 1. The van der Waals surface area contributed by atoms with E-state index in [1.807, 2.05) is 6.07 Å². The largest absolute Gasteiger partial charge is 0.438 e. The molecule has 0 unspecified atom stereocenters. The van der Waals surface area contributed by atoms with Crippen molar-refractivity contribution >= 4 is 45.9 Å². The molecule has 0 radical (unpaired) electrons. The van der Waals surface area contributed by atoms with Crippen molar-refractivity contribution in [1.29, 1.82) is 0 Å². The summed E-state index contributed by atoms with van der Waals surface area (Å²) in [6.45, 7) is 1.60. The number of hydrogen-bond acceptors (Lipinski definition) is 7. The highest BCUT2D eigenvalue weighted by molar-refractivity contribution is 6.31. The van der Waals surface area contributed by atoms with Crippen molar-refractivity contribution in [2.45, 2.75) is 18.9 Å². The Hall–Kier alpha value is -2.84. The number of anilines is 3. The molecule has 0 spiro atoms.